The molecule has 7 heteroatoms. The van der Waals surface area contributed by atoms with Crippen LogP contribution in [0, 0.1) is 5.82 Å². The summed E-state index contributed by atoms with van der Waals surface area (Å²) in [5.41, 5.74) is 0.295. The third-order valence-electron chi connectivity index (χ3n) is 2.49. The number of hydrogen-bond donors (Lipinski definition) is 0. The van der Waals surface area contributed by atoms with E-state index in [-0.39, 0.29) is 0 Å². The molecule has 0 unspecified atom stereocenters. The van der Waals surface area contributed by atoms with Crippen molar-refractivity contribution >= 4 is 17.9 Å². The van der Waals surface area contributed by atoms with Gasteiger partial charge in [-0.1, -0.05) is 12.1 Å². The number of rotatable bonds is 5. The Labute approximate surface area is 120 Å². The third-order valence-corrected chi connectivity index (χ3v) is 2.49. The van der Waals surface area contributed by atoms with Crippen LogP contribution in [0.15, 0.2) is 24.3 Å². The second-order valence-electron chi connectivity index (χ2n) is 4.13. The first-order valence-electron chi connectivity index (χ1n) is 6.03. The van der Waals surface area contributed by atoms with Gasteiger partial charge in [-0.15, -0.1) is 0 Å². The minimum atomic E-state index is -1.47. The van der Waals surface area contributed by atoms with Crippen LogP contribution in [-0.2, 0) is 28.6 Å². The number of carbonyl (C=O) groups is 3. The largest absolute Gasteiger partial charge is 0.466 e. The summed E-state index contributed by atoms with van der Waals surface area (Å²) in [6, 6.07) is 4.91. The van der Waals surface area contributed by atoms with Gasteiger partial charge in [-0.3, -0.25) is 9.59 Å². The zero-order valence-corrected chi connectivity index (χ0v) is 11.8. The average molecular weight is 298 g/mol. The number of esters is 3. The summed E-state index contributed by atoms with van der Waals surface area (Å²) in [6.07, 6.45) is -2.69. The Balaban J connectivity index is 3.18. The van der Waals surface area contributed by atoms with Gasteiger partial charge in [0.1, 0.15) is 5.82 Å². The Morgan fingerprint density at radius 2 is 1.52 bits per heavy atom. The molecule has 0 N–H and O–H groups in total. The van der Waals surface area contributed by atoms with Gasteiger partial charge in [-0.05, 0) is 17.7 Å². The van der Waals surface area contributed by atoms with Crippen molar-refractivity contribution in [2.24, 2.45) is 0 Å². The highest BCUT2D eigenvalue weighted by molar-refractivity contribution is 5.80. The van der Waals surface area contributed by atoms with Crippen molar-refractivity contribution in [2.45, 2.75) is 26.1 Å². The van der Waals surface area contributed by atoms with Gasteiger partial charge in [0.2, 0.25) is 6.10 Å². The Morgan fingerprint density at radius 1 is 1.00 bits per heavy atom. The molecule has 0 aliphatic heterocycles. The molecule has 0 aromatic heterocycles. The lowest BCUT2D eigenvalue weighted by Gasteiger charge is -2.24. The first-order chi connectivity index (χ1) is 9.85. The predicted molar refractivity (Wildman–Crippen MR) is 68.5 cm³/mol. The summed E-state index contributed by atoms with van der Waals surface area (Å²) < 4.78 is 27.4. The molecule has 2 atom stereocenters. The van der Waals surface area contributed by atoms with Crippen LogP contribution in [0.25, 0.3) is 0 Å². The molecule has 6 nitrogen and oxygen atoms in total. The molecular weight excluding hydrogens is 283 g/mol. The fourth-order valence-corrected chi connectivity index (χ4v) is 1.66. The van der Waals surface area contributed by atoms with Gasteiger partial charge in [0.15, 0.2) is 6.10 Å². The van der Waals surface area contributed by atoms with Gasteiger partial charge in [0, 0.05) is 13.8 Å². The number of carbonyl (C=O) groups excluding carboxylic acids is 3. The summed E-state index contributed by atoms with van der Waals surface area (Å²) in [5.74, 6) is -2.82. The van der Waals surface area contributed by atoms with Gasteiger partial charge in [0.05, 0.1) is 7.11 Å². The van der Waals surface area contributed by atoms with Gasteiger partial charge < -0.3 is 14.2 Å². The zero-order valence-electron chi connectivity index (χ0n) is 11.8. The highest BCUT2D eigenvalue weighted by atomic mass is 19.1. The summed E-state index contributed by atoms with van der Waals surface area (Å²) in [5, 5.41) is 0. The number of halogens is 1. The van der Waals surface area contributed by atoms with E-state index in [0.29, 0.717) is 5.56 Å². The molecule has 21 heavy (non-hydrogen) atoms. The van der Waals surface area contributed by atoms with Gasteiger partial charge in [0.25, 0.3) is 0 Å². The van der Waals surface area contributed by atoms with Crippen LogP contribution < -0.4 is 0 Å². The zero-order chi connectivity index (χ0) is 16.0. The molecule has 114 valence electrons. The minimum absolute atomic E-state index is 0.295. The molecule has 0 aliphatic rings. The van der Waals surface area contributed by atoms with Gasteiger partial charge in [-0.2, -0.15) is 0 Å². The lowest BCUT2D eigenvalue weighted by Crippen LogP contribution is -2.36. The fourth-order valence-electron chi connectivity index (χ4n) is 1.66. The Morgan fingerprint density at radius 3 is 1.95 bits per heavy atom. The second kappa shape index (κ2) is 7.37. The highest BCUT2D eigenvalue weighted by Crippen LogP contribution is 2.25. The minimum Gasteiger partial charge on any atom is -0.466 e. The van der Waals surface area contributed by atoms with E-state index in [9.17, 15) is 18.8 Å². The van der Waals surface area contributed by atoms with E-state index in [1.54, 1.807) is 0 Å². The molecule has 0 saturated carbocycles. The standard InChI is InChI=1S/C14H15FO6/c1-8(16)20-12(10-4-6-11(15)7-5-10)13(14(18)19-3)21-9(2)17/h4-7,12-13H,1-3H3/t12-,13+/m1/s1. The van der Waals surface area contributed by atoms with Crippen LogP contribution in [-0.4, -0.2) is 31.1 Å². The number of methoxy groups -OCH3 is 1. The van der Waals surface area contributed by atoms with Crippen molar-refractivity contribution in [2.75, 3.05) is 7.11 Å². The molecular formula is C14H15FO6. The summed E-state index contributed by atoms with van der Waals surface area (Å²) in [4.78, 5) is 34.1. The quantitative estimate of drug-likeness (QED) is 0.606. The maximum atomic E-state index is 13.0. The summed E-state index contributed by atoms with van der Waals surface area (Å²) in [7, 11) is 1.11. The molecule has 0 spiro atoms. The van der Waals surface area contributed by atoms with E-state index >= 15 is 0 Å². The molecule has 0 heterocycles. The van der Waals surface area contributed by atoms with Crippen molar-refractivity contribution in [3.63, 3.8) is 0 Å². The molecule has 0 radical (unpaired) electrons. The van der Waals surface area contributed by atoms with Crippen molar-refractivity contribution in [3.05, 3.63) is 35.6 Å². The first-order valence-corrected chi connectivity index (χ1v) is 6.03. The average Bonchev–Trinajstić information content (AvgIpc) is 2.42. The number of hydrogen-bond acceptors (Lipinski definition) is 6. The van der Waals surface area contributed by atoms with Crippen LogP contribution in [0.3, 0.4) is 0 Å². The number of ether oxygens (including phenoxy) is 3. The van der Waals surface area contributed by atoms with Crippen LogP contribution in [0.2, 0.25) is 0 Å². The Kier molecular flexibility index (Phi) is 5.83. The van der Waals surface area contributed by atoms with Crippen molar-refractivity contribution in [1.29, 1.82) is 0 Å². The van der Waals surface area contributed by atoms with Crippen LogP contribution >= 0.6 is 0 Å². The highest BCUT2D eigenvalue weighted by Gasteiger charge is 2.36. The molecule has 0 aliphatic carbocycles. The van der Waals surface area contributed by atoms with E-state index in [1.807, 2.05) is 0 Å². The maximum Gasteiger partial charge on any atom is 0.351 e. The van der Waals surface area contributed by atoms with Gasteiger partial charge in [-0.25, -0.2) is 9.18 Å². The molecule has 1 aromatic rings. The molecule has 0 saturated heterocycles. The molecule has 0 fully saturated rings. The van der Waals surface area contributed by atoms with E-state index in [0.717, 1.165) is 33.1 Å². The molecule has 0 bridgehead atoms. The lowest BCUT2D eigenvalue weighted by atomic mass is 10.0. The SMILES string of the molecule is COC(=O)[C@@H](OC(C)=O)[C@H](OC(C)=O)c1ccc(F)cc1. The fraction of sp³-hybridized carbons (Fsp3) is 0.357. The van der Waals surface area contributed by atoms with Crippen LogP contribution in [0.5, 0.6) is 0 Å². The van der Waals surface area contributed by atoms with Crippen molar-refractivity contribution in [1.82, 2.24) is 0 Å². The Bertz CT molecular complexity index is 525. The third kappa shape index (κ3) is 4.87. The molecule has 0 amide bonds. The van der Waals surface area contributed by atoms with E-state index in [1.165, 1.54) is 12.1 Å². The van der Waals surface area contributed by atoms with Crippen molar-refractivity contribution < 1.29 is 33.0 Å². The van der Waals surface area contributed by atoms with Crippen molar-refractivity contribution in [3.8, 4) is 0 Å². The number of benzene rings is 1. The van der Waals surface area contributed by atoms with Crippen LogP contribution in [0.4, 0.5) is 4.39 Å². The topological polar surface area (TPSA) is 78.9 Å². The predicted octanol–water partition coefficient (Wildman–Crippen LogP) is 1.53. The molecule has 1 rings (SSSR count). The first kappa shape index (κ1) is 16.6. The summed E-state index contributed by atoms with van der Waals surface area (Å²) >= 11 is 0. The maximum absolute atomic E-state index is 13.0. The Hall–Kier alpha value is -2.44. The molecule has 1 aromatic carbocycles. The van der Waals surface area contributed by atoms with E-state index in [4.69, 9.17) is 9.47 Å². The van der Waals surface area contributed by atoms with E-state index in [2.05, 4.69) is 4.74 Å². The monoisotopic (exact) mass is 298 g/mol. The lowest BCUT2D eigenvalue weighted by molar-refractivity contribution is -0.180. The smallest absolute Gasteiger partial charge is 0.351 e. The normalized spacial score (nSPS) is 13.0. The van der Waals surface area contributed by atoms with Gasteiger partial charge >= 0.3 is 17.9 Å². The second-order valence-corrected chi connectivity index (χ2v) is 4.13. The summed E-state index contributed by atoms with van der Waals surface area (Å²) in [6.45, 7) is 2.24. The van der Waals surface area contributed by atoms with E-state index < -0.39 is 35.9 Å². The van der Waals surface area contributed by atoms with Crippen LogP contribution in [0.1, 0.15) is 25.5 Å².